The number of ether oxygens (including phenoxy) is 2. The Balaban J connectivity index is 1.70. The average molecular weight is 278 g/mol. The first kappa shape index (κ1) is 15.4. The lowest BCUT2D eigenvalue weighted by Gasteiger charge is -2.26. The van der Waals surface area contributed by atoms with Crippen LogP contribution in [0.25, 0.3) is 0 Å². The summed E-state index contributed by atoms with van der Waals surface area (Å²) in [5, 5.41) is 3.53. The SMILES string of the molecule is CCOCc1ccccc1CNCCN1CCOCC1. The largest absolute Gasteiger partial charge is 0.379 e. The minimum absolute atomic E-state index is 0.706. The lowest BCUT2D eigenvalue weighted by atomic mass is 10.1. The average Bonchev–Trinajstić information content (AvgIpc) is 2.51. The van der Waals surface area contributed by atoms with Crippen LogP contribution in [-0.4, -0.2) is 50.9 Å². The van der Waals surface area contributed by atoms with Crippen LogP contribution in [0, 0.1) is 0 Å². The number of morpholine rings is 1. The predicted molar refractivity (Wildman–Crippen MR) is 80.7 cm³/mol. The zero-order valence-electron chi connectivity index (χ0n) is 12.4. The third kappa shape index (κ3) is 5.21. The monoisotopic (exact) mass is 278 g/mol. The van der Waals surface area contributed by atoms with Gasteiger partial charge in [0.05, 0.1) is 19.8 Å². The highest BCUT2D eigenvalue weighted by atomic mass is 16.5. The standard InChI is InChI=1S/C16H26N2O2/c1-2-19-14-16-6-4-3-5-15(16)13-17-7-8-18-9-11-20-12-10-18/h3-6,17H,2,7-14H2,1H3. The second kappa shape index (κ2) is 9.08. The zero-order valence-corrected chi connectivity index (χ0v) is 12.4. The van der Waals surface area contributed by atoms with E-state index in [0.29, 0.717) is 6.61 Å². The normalized spacial score (nSPS) is 16.4. The maximum atomic E-state index is 5.51. The van der Waals surface area contributed by atoms with Crippen LogP contribution >= 0.6 is 0 Å². The molecule has 2 rings (SSSR count). The fourth-order valence-corrected chi connectivity index (χ4v) is 2.37. The summed E-state index contributed by atoms with van der Waals surface area (Å²) in [7, 11) is 0. The van der Waals surface area contributed by atoms with Crippen molar-refractivity contribution in [3.63, 3.8) is 0 Å². The summed E-state index contributed by atoms with van der Waals surface area (Å²) < 4.78 is 10.9. The zero-order chi connectivity index (χ0) is 14.0. The first-order chi connectivity index (χ1) is 9.90. The molecule has 20 heavy (non-hydrogen) atoms. The molecule has 1 saturated heterocycles. The molecule has 1 aromatic rings. The number of hydrogen-bond donors (Lipinski definition) is 1. The number of benzene rings is 1. The minimum Gasteiger partial charge on any atom is -0.379 e. The van der Waals surface area contributed by atoms with Gasteiger partial charge in [0.25, 0.3) is 0 Å². The van der Waals surface area contributed by atoms with Gasteiger partial charge in [-0.1, -0.05) is 24.3 Å². The van der Waals surface area contributed by atoms with Crippen molar-refractivity contribution in [2.45, 2.75) is 20.1 Å². The molecule has 0 saturated carbocycles. The molecule has 4 heteroatoms. The first-order valence-electron chi connectivity index (χ1n) is 7.55. The Morgan fingerprint density at radius 1 is 1.20 bits per heavy atom. The molecule has 0 spiro atoms. The Morgan fingerprint density at radius 2 is 1.95 bits per heavy atom. The highest BCUT2D eigenvalue weighted by Crippen LogP contribution is 2.09. The van der Waals surface area contributed by atoms with Gasteiger partial charge in [0.2, 0.25) is 0 Å². The highest BCUT2D eigenvalue weighted by molar-refractivity contribution is 5.26. The maximum absolute atomic E-state index is 5.51. The molecule has 0 aliphatic carbocycles. The summed E-state index contributed by atoms with van der Waals surface area (Å²) in [6.45, 7) is 10.4. The van der Waals surface area contributed by atoms with E-state index in [1.807, 2.05) is 6.92 Å². The summed E-state index contributed by atoms with van der Waals surface area (Å²) in [6, 6.07) is 8.49. The molecule has 0 radical (unpaired) electrons. The molecule has 1 aliphatic rings. The molecule has 0 bridgehead atoms. The molecule has 1 N–H and O–H groups in total. The van der Waals surface area contributed by atoms with Crippen molar-refractivity contribution < 1.29 is 9.47 Å². The second-order valence-electron chi connectivity index (χ2n) is 5.04. The summed E-state index contributed by atoms with van der Waals surface area (Å²) >= 11 is 0. The third-order valence-corrected chi connectivity index (χ3v) is 3.60. The quantitative estimate of drug-likeness (QED) is 0.733. The number of nitrogens with zero attached hydrogens (tertiary/aromatic N) is 1. The van der Waals surface area contributed by atoms with Gasteiger partial charge >= 0.3 is 0 Å². The van der Waals surface area contributed by atoms with Crippen molar-refractivity contribution in [3.05, 3.63) is 35.4 Å². The third-order valence-electron chi connectivity index (χ3n) is 3.60. The van der Waals surface area contributed by atoms with Crippen molar-refractivity contribution in [1.82, 2.24) is 10.2 Å². The van der Waals surface area contributed by atoms with E-state index in [4.69, 9.17) is 9.47 Å². The van der Waals surface area contributed by atoms with Gasteiger partial charge in [-0.3, -0.25) is 4.90 Å². The van der Waals surface area contributed by atoms with E-state index in [1.54, 1.807) is 0 Å². The van der Waals surface area contributed by atoms with Crippen LogP contribution < -0.4 is 5.32 Å². The predicted octanol–water partition coefficient (Wildman–Crippen LogP) is 1.64. The molecule has 1 heterocycles. The van der Waals surface area contributed by atoms with E-state index in [1.165, 1.54) is 11.1 Å². The van der Waals surface area contributed by atoms with Crippen molar-refractivity contribution >= 4 is 0 Å². The lowest BCUT2D eigenvalue weighted by Crippen LogP contribution is -2.40. The Hall–Kier alpha value is -0.940. The number of rotatable bonds is 8. The molecule has 1 fully saturated rings. The van der Waals surface area contributed by atoms with Gasteiger partial charge < -0.3 is 14.8 Å². The van der Waals surface area contributed by atoms with Crippen molar-refractivity contribution in [2.24, 2.45) is 0 Å². The summed E-state index contributed by atoms with van der Waals surface area (Å²) in [6.07, 6.45) is 0. The summed E-state index contributed by atoms with van der Waals surface area (Å²) in [5.74, 6) is 0. The maximum Gasteiger partial charge on any atom is 0.0719 e. The van der Waals surface area contributed by atoms with E-state index in [-0.39, 0.29) is 0 Å². The van der Waals surface area contributed by atoms with Gasteiger partial charge in [0.15, 0.2) is 0 Å². The first-order valence-corrected chi connectivity index (χ1v) is 7.55. The Bertz CT molecular complexity index is 378. The van der Waals surface area contributed by atoms with Crippen LogP contribution in [0.2, 0.25) is 0 Å². The molecule has 0 amide bonds. The summed E-state index contributed by atoms with van der Waals surface area (Å²) in [4.78, 5) is 2.45. The van der Waals surface area contributed by atoms with E-state index >= 15 is 0 Å². The van der Waals surface area contributed by atoms with E-state index < -0.39 is 0 Å². The van der Waals surface area contributed by atoms with Gasteiger partial charge in [0, 0.05) is 39.3 Å². The van der Waals surface area contributed by atoms with Gasteiger partial charge in [-0.25, -0.2) is 0 Å². The van der Waals surface area contributed by atoms with Crippen LogP contribution in [0.5, 0.6) is 0 Å². The van der Waals surface area contributed by atoms with Crippen LogP contribution in [-0.2, 0) is 22.6 Å². The van der Waals surface area contributed by atoms with E-state index in [9.17, 15) is 0 Å². The molecule has 0 atom stereocenters. The molecular formula is C16H26N2O2. The smallest absolute Gasteiger partial charge is 0.0719 e. The Labute approximate surface area is 122 Å². The second-order valence-corrected chi connectivity index (χ2v) is 5.04. The van der Waals surface area contributed by atoms with Crippen LogP contribution in [0.3, 0.4) is 0 Å². The van der Waals surface area contributed by atoms with Crippen LogP contribution in [0.1, 0.15) is 18.1 Å². The van der Waals surface area contributed by atoms with Gasteiger partial charge in [-0.05, 0) is 18.1 Å². The van der Waals surface area contributed by atoms with Crippen molar-refractivity contribution in [2.75, 3.05) is 46.0 Å². The van der Waals surface area contributed by atoms with Gasteiger partial charge in [0.1, 0.15) is 0 Å². The molecule has 112 valence electrons. The minimum atomic E-state index is 0.706. The van der Waals surface area contributed by atoms with Gasteiger partial charge in [-0.2, -0.15) is 0 Å². The van der Waals surface area contributed by atoms with E-state index in [0.717, 1.165) is 52.5 Å². The summed E-state index contributed by atoms with van der Waals surface area (Å²) in [5.41, 5.74) is 2.62. The van der Waals surface area contributed by atoms with Crippen molar-refractivity contribution in [1.29, 1.82) is 0 Å². The lowest BCUT2D eigenvalue weighted by molar-refractivity contribution is 0.0384. The van der Waals surface area contributed by atoms with Crippen LogP contribution in [0.4, 0.5) is 0 Å². The van der Waals surface area contributed by atoms with Gasteiger partial charge in [-0.15, -0.1) is 0 Å². The van der Waals surface area contributed by atoms with E-state index in [2.05, 4.69) is 34.5 Å². The Morgan fingerprint density at radius 3 is 2.70 bits per heavy atom. The molecule has 1 aromatic carbocycles. The topological polar surface area (TPSA) is 33.7 Å². The fourth-order valence-electron chi connectivity index (χ4n) is 2.37. The fraction of sp³-hybridized carbons (Fsp3) is 0.625. The van der Waals surface area contributed by atoms with Crippen LogP contribution in [0.15, 0.2) is 24.3 Å². The number of nitrogens with one attached hydrogen (secondary N) is 1. The number of hydrogen-bond acceptors (Lipinski definition) is 4. The highest BCUT2D eigenvalue weighted by Gasteiger charge is 2.09. The molecule has 1 aliphatic heterocycles. The molecule has 0 unspecified atom stereocenters. The molecule has 0 aromatic heterocycles. The van der Waals surface area contributed by atoms with Crippen molar-refractivity contribution in [3.8, 4) is 0 Å². The Kier molecular flexibility index (Phi) is 7.01. The molecular weight excluding hydrogens is 252 g/mol. The molecule has 4 nitrogen and oxygen atoms in total.